The molecule has 19 heavy (non-hydrogen) atoms. The summed E-state index contributed by atoms with van der Waals surface area (Å²) in [6.07, 6.45) is 2.23. The quantitative estimate of drug-likeness (QED) is 0.329. The van der Waals surface area contributed by atoms with Crippen molar-refractivity contribution in [3.63, 3.8) is 0 Å². The molecule has 0 aliphatic carbocycles. The van der Waals surface area contributed by atoms with Crippen molar-refractivity contribution < 1.29 is 4.43 Å². The molecular formula is C15H36OSiSn2. The van der Waals surface area contributed by atoms with Crippen LogP contribution in [0.2, 0.25) is 52.2 Å². The molecule has 1 nitrogen and oxygen atoms in total. The zero-order valence-corrected chi connectivity index (χ0v) is 21.9. The second-order valence-electron chi connectivity index (χ2n) is 9.51. The zero-order valence-electron chi connectivity index (χ0n) is 15.2. The number of hydrogen-bond acceptors (Lipinski definition) is 1. The van der Waals surface area contributed by atoms with Crippen LogP contribution >= 0.6 is 0 Å². The molecule has 0 N–H and O–H groups in total. The van der Waals surface area contributed by atoms with Gasteiger partial charge in [-0.25, -0.2) is 0 Å². The van der Waals surface area contributed by atoms with Gasteiger partial charge >= 0.3 is 132 Å². The molecule has 0 spiro atoms. The Labute approximate surface area is 131 Å². The van der Waals surface area contributed by atoms with Gasteiger partial charge in [0, 0.05) is 0 Å². The van der Waals surface area contributed by atoms with Crippen LogP contribution in [0.25, 0.3) is 0 Å². The van der Waals surface area contributed by atoms with E-state index in [1.54, 1.807) is 3.59 Å². The molecular weight excluding hydrogens is 462 g/mol. The van der Waals surface area contributed by atoms with Crippen molar-refractivity contribution >= 4 is 45.1 Å². The number of allylic oxidation sites excluding steroid dienone is 1. The molecule has 114 valence electrons. The minimum absolute atomic E-state index is 0.299. The van der Waals surface area contributed by atoms with Crippen molar-refractivity contribution in [2.75, 3.05) is 0 Å². The van der Waals surface area contributed by atoms with E-state index in [0.29, 0.717) is 5.04 Å². The van der Waals surface area contributed by atoms with E-state index in [1.807, 2.05) is 0 Å². The molecule has 0 aliphatic heterocycles. The standard InChI is InChI=1S/C9H18OSi.6CH3.2Sn/c1-7-8-10-11(5,6)9(2,3)4;;;;;;;;/h8H,1H2,2-6H3;6*1H3;;. The molecule has 0 rings (SSSR count). The second-order valence-corrected chi connectivity index (χ2v) is 44.6. The molecule has 0 aliphatic rings. The summed E-state index contributed by atoms with van der Waals surface area (Å²) in [6.45, 7) is 11.6. The van der Waals surface area contributed by atoms with Crippen molar-refractivity contribution in [1.29, 1.82) is 0 Å². The topological polar surface area (TPSA) is 9.23 Å². The van der Waals surface area contributed by atoms with Gasteiger partial charge in [-0.2, -0.15) is 0 Å². The average molecular weight is 498 g/mol. The van der Waals surface area contributed by atoms with Crippen LogP contribution in [0.3, 0.4) is 0 Å². The first-order chi connectivity index (χ1) is 8.06. The summed E-state index contributed by atoms with van der Waals surface area (Å²) in [5, 5.41) is 0.299. The van der Waals surface area contributed by atoms with Crippen molar-refractivity contribution in [2.45, 2.75) is 73.0 Å². The average Bonchev–Trinajstić information content (AvgIpc) is 2.06. The van der Waals surface area contributed by atoms with Crippen LogP contribution in [0.1, 0.15) is 20.8 Å². The summed E-state index contributed by atoms with van der Waals surface area (Å²) in [5.74, 6) is 0. The van der Waals surface area contributed by atoms with Crippen LogP contribution in [0.15, 0.2) is 9.85 Å². The van der Waals surface area contributed by atoms with Crippen molar-refractivity contribution in [2.24, 2.45) is 0 Å². The van der Waals surface area contributed by atoms with Gasteiger partial charge in [0.1, 0.15) is 0 Å². The molecule has 0 amide bonds. The van der Waals surface area contributed by atoms with Gasteiger partial charge in [0.25, 0.3) is 0 Å². The molecule has 0 heterocycles. The van der Waals surface area contributed by atoms with Gasteiger partial charge in [0.15, 0.2) is 0 Å². The first-order valence-electron chi connectivity index (χ1n) is 7.44. The number of hydrogen-bond donors (Lipinski definition) is 0. The Kier molecular flexibility index (Phi) is 7.10. The SMILES string of the molecule is CC(C)(C)[Si](C)(C)O/C=[C](\[CH2][Sn]([CH3])([CH3])[CH3])[Sn]([CH3])([CH3])[CH3]. The summed E-state index contributed by atoms with van der Waals surface area (Å²) in [7, 11) is -1.64. The zero-order chi connectivity index (χ0) is 15.7. The molecule has 0 aromatic rings. The Morgan fingerprint density at radius 2 is 1.42 bits per heavy atom. The van der Waals surface area contributed by atoms with E-state index in [4.69, 9.17) is 4.43 Å². The molecule has 0 atom stereocenters. The van der Waals surface area contributed by atoms with E-state index in [1.165, 1.54) is 4.44 Å². The Morgan fingerprint density at radius 3 is 1.68 bits per heavy atom. The van der Waals surface area contributed by atoms with Crippen molar-refractivity contribution in [3.8, 4) is 0 Å². The van der Waals surface area contributed by atoms with Gasteiger partial charge in [-0.05, 0) is 0 Å². The maximum atomic E-state index is 6.39. The van der Waals surface area contributed by atoms with Crippen LogP contribution in [0.4, 0.5) is 0 Å². The van der Waals surface area contributed by atoms with E-state index >= 15 is 0 Å². The molecule has 4 heteroatoms. The predicted molar refractivity (Wildman–Crippen MR) is 97.9 cm³/mol. The van der Waals surface area contributed by atoms with Crippen LogP contribution in [-0.2, 0) is 4.43 Å². The van der Waals surface area contributed by atoms with E-state index in [-0.39, 0.29) is 0 Å². The molecule has 0 fully saturated rings. The number of rotatable bonds is 5. The Bertz CT molecular complexity index is 328. The Morgan fingerprint density at radius 1 is 1.00 bits per heavy atom. The summed E-state index contributed by atoms with van der Waals surface area (Å²) >= 11 is -3.77. The van der Waals surface area contributed by atoms with Gasteiger partial charge in [0.05, 0.1) is 0 Å². The minimum atomic E-state index is -2.00. The normalized spacial score (nSPS) is 15.6. The van der Waals surface area contributed by atoms with E-state index in [2.05, 4.69) is 69.8 Å². The van der Waals surface area contributed by atoms with E-state index in [0.717, 1.165) is 0 Å². The summed E-state index contributed by atoms with van der Waals surface area (Å²) in [6, 6.07) is 0. The maximum absolute atomic E-state index is 6.39. The first-order valence-corrected chi connectivity index (χ1v) is 30.9. The molecule has 0 bridgehead atoms. The summed E-state index contributed by atoms with van der Waals surface area (Å²) in [4.78, 5) is 15.2. The Hall–Kier alpha value is 1.35. The third kappa shape index (κ3) is 7.79. The molecule has 0 aromatic carbocycles. The first kappa shape index (κ1) is 20.4. The summed E-state index contributed by atoms with van der Waals surface area (Å²) in [5.41, 5.74) is 0. The fourth-order valence-electron chi connectivity index (χ4n) is 1.45. The van der Waals surface area contributed by atoms with E-state index in [9.17, 15) is 0 Å². The third-order valence-electron chi connectivity index (χ3n) is 3.99. The second kappa shape index (κ2) is 6.63. The van der Waals surface area contributed by atoms with Crippen LogP contribution in [0.5, 0.6) is 0 Å². The van der Waals surface area contributed by atoms with Gasteiger partial charge < -0.3 is 0 Å². The Balaban J connectivity index is 5.16. The van der Waals surface area contributed by atoms with Crippen LogP contribution < -0.4 is 0 Å². The molecule has 0 unspecified atom stereocenters. The van der Waals surface area contributed by atoms with Gasteiger partial charge in [-0.1, -0.05) is 0 Å². The fourth-order valence-corrected chi connectivity index (χ4v) is 29.1. The monoisotopic (exact) mass is 500 g/mol. The van der Waals surface area contributed by atoms with Crippen molar-refractivity contribution in [3.05, 3.63) is 9.85 Å². The third-order valence-corrected chi connectivity index (χ3v) is 21.6. The summed E-state index contributed by atoms with van der Waals surface area (Å²) < 4.78 is 9.51. The van der Waals surface area contributed by atoms with E-state index < -0.39 is 45.1 Å². The van der Waals surface area contributed by atoms with Crippen LogP contribution in [-0.4, -0.2) is 45.1 Å². The molecule has 0 saturated heterocycles. The molecule has 0 radical (unpaired) electrons. The van der Waals surface area contributed by atoms with Gasteiger partial charge in [0.2, 0.25) is 0 Å². The molecule has 0 aromatic heterocycles. The van der Waals surface area contributed by atoms with Gasteiger partial charge in [-0.15, -0.1) is 0 Å². The fraction of sp³-hybridized carbons (Fsp3) is 0.867. The molecule has 0 saturated carbocycles. The predicted octanol–water partition coefficient (Wildman–Crippen LogP) is 6.11. The van der Waals surface area contributed by atoms with Crippen molar-refractivity contribution in [1.82, 2.24) is 0 Å². The van der Waals surface area contributed by atoms with Crippen LogP contribution in [0, 0.1) is 0 Å². The van der Waals surface area contributed by atoms with Gasteiger partial charge in [-0.3, -0.25) is 0 Å².